The summed E-state index contributed by atoms with van der Waals surface area (Å²) < 4.78 is 0. The topological polar surface area (TPSA) is 23.5 Å². The standard InChI is InChI=1S/C10H15NOS/c1-13-9-5-6-10(12)11(7-9)8-3-2-4-8/h5-8,10,12H,2-4H2,1H3. The quantitative estimate of drug-likeness (QED) is 0.731. The molecule has 0 aromatic heterocycles. The van der Waals surface area contributed by atoms with Gasteiger partial charge in [-0.1, -0.05) is 0 Å². The van der Waals surface area contributed by atoms with Crippen LogP contribution in [0, 0.1) is 0 Å². The number of thioether (sulfide) groups is 1. The lowest BCUT2D eigenvalue weighted by molar-refractivity contribution is 0.0202. The minimum atomic E-state index is -0.402. The van der Waals surface area contributed by atoms with E-state index in [2.05, 4.69) is 17.4 Å². The molecule has 1 saturated carbocycles. The molecule has 1 unspecified atom stereocenters. The first-order valence-electron chi connectivity index (χ1n) is 4.71. The molecule has 0 bridgehead atoms. The molecule has 1 aliphatic heterocycles. The van der Waals surface area contributed by atoms with E-state index in [0.717, 1.165) is 0 Å². The molecule has 0 radical (unpaired) electrons. The van der Waals surface area contributed by atoms with Crippen molar-refractivity contribution < 1.29 is 5.11 Å². The van der Waals surface area contributed by atoms with Crippen LogP contribution in [0.2, 0.25) is 0 Å². The van der Waals surface area contributed by atoms with E-state index in [1.54, 1.807) is 11.8 Å². The number of hydrogen-bond donors (Lipinski definition) is 1. The summed E-state index contributed by atoms with van der Waals surface area (Å²) in [6.07, 6.45) is 11.4. The Hall–Kier alpha value is -0.410. The summed E-state index contributed by atoms with van der Waals surface area (Å²) in [5, 5.41) is 9.70. The molecule has 1 aliphatic carbocycles. The molecular formula is C10H15NOS. The molecule has 0 amide bonds. The van der Waals surface area contributed by atoms with Gasteiger partial charge in [-0.3, -0.25) is 0 Å². The lowest BCUT2D eigenvalue weighted by Gasteiger charge is -2.40. The van der Waals surface area contributed by atoms with Crippen molar-refractivity contribution in [2.75, 3.05) is 6.26 Å². The Morgan fingerprint density at radius 1 is 1.54 bits per heavy atom. The van der Waals surface area contributed by atoms with Gasteiger partial charge in [0.2, 0.25) is 0 Å². The van der Waals surface area contributed by atoms with Crippen LogP contribution >= 0.6 is 11.8 Å². The fourth-order valence-electron chi connectivity index (χ4n) is 1.67. The molecule has 0 spiro atoms. The molecule has 1 N–H and O–H groups in total. The largest absolute Gasteiger partial charge is 0.370 e. The Balaban J connectivity index is 2.07. The first kappa shape index (κ1) is 9.16. The van der Waals surface area contributed by atoms with Crippen LogP contribution in [-0.4, -0.2) is 28.5 Å². The molecule has 3 heteroatoms. The molecule has 0 saturated heterocycles. The Bertz CT molecular complexity index is 245. The summed E-state index contributed by atoms with van der Waals surface area (Å²) in [5.41, 5.74) is 0. The molecule has 72 valence electrons. The third-order valence-corrected chi connectivity index (χ3v) is 3.46. The molecule has 2 rings (SSSR count). The van der Waals surface area contributed by atoms with Crippen molar-refractivity contribution in [2.24, 2.45) is 0 Å². The van der Waals surface area contributed by atoms with Crippen molar-refractivity contribution in [3.05, 3.63) is 23.3 Å². The third kappa shape index (κ3) is 1.76. The number of hydrogen-bond acceptors (Lipinski definition) is 3. The number of aliphatic hydroxyl groups is 1. The lowest BCUT2D eigenvalue weighted by atomic mass is 9.91. The van der Waals surface area contributed by atoms with Crippen molar-refractivity contribution >= 4 is 11.8 Å². The van der Waals surface area contributed by atoms with Crippen LogP contribution in [0.15, 0.2) is 23.3 Å². The van der Waals surface area contributed by atoms with E-state index in [-0.39, 0.29) is 0 Å². The van der Waals surface area contributed by atoms with E-state index >= 15 is 0 Å². The molecule has 1 fully saturated rings. The average Bonchev–Trinajstić information content (AvgIpc) is 2.06. The molecule has 2 nitrogen and oxygen atoms in total. The highest BCUT2D eigenvalue weighted by Gasteiger charge is 2.27. The number of aliphatic hydroxyl groups excluding tert-OH is 1. The van der Waals surface area contributed by atoms with Gasteiger partial charge in [-0.05, 0) is 37.7 Å². The second kappa shape index (κ2) is 3.76. The molecule has 2 aliphatic rings. The van der Waals surface area contributed by atoms with Gasteiger partial charge in [-0.25, -0.2) is 0 Å². The van der Waals surface area contributed by atoms with Crippen LogP contribution in [0.3, 0.4) is 0 Å². The van der Waals surface area contributed by atoms with Crippen LogP contribution in [0.1, 0.15) is 19.3 Å². The zero-order chi connectivity index (χ0) is 9.26. The minimum Gasteiger partial charge on any atom is -0.370 e. The predicted octanol–water partition coefficient (Wildman–Crippen LogP) is 1.93. The van der Waals surface area contributed by atoms with Crippen molar-refractivity contribution in [1.82, 2.24) is 4.90 Å². The zero-order valence-electron chi connectivity index (χ0n) is 7.81. The van der Waals surface area contributed by atoms with Gasteiger partial charge < -0.3 is 10.0 Å². The molecule has 13 heavy (non-hydrogen) atoms. The number of rotatable bonds is 2. The summed E-state index contributed by atoms with van der Waals surface area (Å²) in [5.74, 6) is 0. The van der Waals surface area contributed by atoms with E-state index in [9.17, 15) is 5.11 Å². The summed E-state index contributed by atoms with van der Waals surface area (Å²) in [4.78, 5) is 3.31. The zero-order valence-corrected chi connectivity index (χ0v) is 8.63. The Morgan fingerprint density at radius 2 is 2.31 bits per heavy atom. The van der Waals surface area contributed by atoms with E-state index in [1.165, 1.54) is 24.2 Å². The van der Waals surface area contributed by atoms with Gasteiger partial charge in [0, 0.05) is 17.1 Å². The molecular weight excluding hydrogens is 182 g/mol. The van der Waals surface area contributed by atoms with E-state index in [4.69, 9.17) is 0 Å². The molecule has 1 heterocycles. The monoisotopic (exact) mass is 197 g/mol. The summed E-state index contributed by atoms with van der Waals surface area (Å²) in [6, 6.07) is 0.571. The third-order valence-electron chi connectivity index (χ3n) is 2.75. The van der Waals surface area contributed by atoms with Gasteiger partial charge in [-0.15, -0.1) is 11.8 Å². The maximum Gasteiger partial charge on any atom is 0.146 e. The van der Waals surface area contributed by atoms with Crippen LogP contribution in [-0.2, 0) is 0 Å². The maximum atomic E-state index is 9.70. The highest BCUT2D eigenvalue weighted by Crippen LogP contribution is 2.30. The van der Waals surface area contributed by atoms with Gasteiger partial charge in [0.05, 0.1) is 0 Å². The fraction of sp³-hybridized carbons (Fsp3) is 0.600. The van der Waals surface area contributed by atoms with Crippen LogP contribution in [0.25, 0.3) is 0 Å². The second-order valence-electron chi connectivity index (χ2n) is 3.54. The molecule has 1 atom stereocenters. The first-order chi connectivity index (χ1) is 6.31. The van der Waals surface area contributed by atoms with Crippen molar-refractivity contribution in [3.8, 4) is 0 Å². The van der Waals surface area contributed by atoms with Crippen molar-refractivity contribution in [2.45, 2.75) is 31.5 Å². The Labute approximate surface area is 83.3 Å². The Kier molecular flexibility index (Phi) is 2.65. The van der Waals surface area contributed by atoms with Crippen LogP contribution in [0.5, 0.6) is 0 Å². The fourth-order valence-corrected chi connectivity index (χ4v) is 2.12. The van der Waals surface area contributed by atoms with Gasteiger partial charge in [-0.2, -0.15) is 0 Å². The SMILES string of the molecule is CSC1=CN(C2CCC2)C(O)C=C1. The van der Waals surface area contributed by atoms with Crippen molar-refractivity contribution in [1.29, 1.82) is 0 Å². The van der Waals surface area contributed by atoms with Crippen molar-refractivity contribution in [3.63, 3.8) is 0 Å². The van der Waals surface area contributed by atoms with Gasteiger partial charge in [0.25, 0.3) is 0 Å². The van der Waals surface area contributed by atoms with Crippen LogP contribution in [0.4, 0.5) is 0 Å². The molecule has 0 aromatic carbocycles. The van der Waals surface area contributed by atoms with E-state index in [1.807, 2.05) is 12.2 Å². The van der Waals surface area contributed by atoms with E-state index in [0.29, 0.717) is 6.04 Å². The highest BCUT2D eigenvalue weighted by molar-refractivity contribution is 8.02. The minimum absolute atomic E-state index is 0.402. The lowest BCUT2D eigenvalue weighted by Crippen LogP contribution is -2.43. The van der Waals surface area contributed by atoms with Gasteiger partial charge in [0.1, 0.15) is 6.23 Å². The van der Waals surface area contributed by atoms with Gasteiger partial charge in [0.15, 0.2) is 0 Å². The predicted molar refractivity (Wildman–Crippen MR) is 56.2 cm³/mol. The second-order valence-corrected chi connectivity index (χ2v) is 4.42. The summed E-state index contributed by atoms with van der Waals surface area (Å²) in [7, 11) is 0. The van der Waals surface area contributed by atoms with E-state index < -0.39 is 6.23 Å². The summed E-state index contributed by atoms with van der Waals surface area (Å²) in [6.45, 7) is 0. The van der Waals surface area contributed by atoms with Gasteiger partial charge >= 0.3 is 0 Å². The Morgan fingerprint density at radius 3 is 2.85 bits per heavy atom. The number of nitrogens with zero attached hydrogens (tertiary/aromatic N) is 1. The normalized spacial score (nSPS) is 28.6. The summed E-state index contributed by atoms with van der Waals surface area (Å²) >= 11 is 1.73. The smallest absolute Gasteiger partial charge is 0.146 e. The first-order valence-corrected chi connectivity index (χ1v) is 5.93. The molecule has 0 aromatic rings. The highest BCUT2D eigenvalue weighted by atomic mass is 32.2. The van der Waals surface area contributed by atoms with Crippen LogP contribution < -0.4 is 0 Å². The average molecular weight is 197 g/mol. The number of allylic oxidation sites excluding steroid dienone is 1. The maximum absolute atomic E-state index is 9.70.